The van der Waals surface area contributed by atoms with Crippen molar-refractivity contribution >= 4 is 37.5 Å². The third-order valence-electron chi connectivity index (χ3n) is 2.91. The molecule has 2 aromatic carbocycles. The number of benzene rings is 2. The summed E-state index contributed by atoms with van der Waals surface area (Å²) in [7, 11) is -2.72. The number of hydrogen-bond donors (Lipinski definition) is 2. The first-order chi connectivity index (χ1) is 10.7. The Morgan fingerprint density at radius 2 is 1.96 bits per heavy atom. The summed E-state index contributed by atoms with van der Waals surface area (Å²) >= 11 is 2.99. The lowest BCUT2D eigenvalue weighted by Crippen LogP contribution is -2.16. The van der Waals surface area contributed by atoms with Gasteiger partial charge in [-0.05, 0) is 52.3 Å². The Labute approximate surface area is 140 Å². The number of primary sulfonamides is 1. The lowest BCUT2D eigenvalue weighted by atomic mass is 10.2. The van der Waals surface area contributed by atoms with Crippen LogP contribution >= 0.6 is 15.9 Å². The largest absolute Gasteiger partial charge is 0.495 e. The Morgan fingerprint density at radius 1 is 1.26 bits per heavy atom. The van der Waals surface area contributed by atoms with Crippen molar-refractivity contribution in [3.63, 3.8) is 0 Å². The number of hydrogen-bond acceptors (Lipinski definition) is 4. The second-order valence-corrected chi connectivity index (χ2v) is 6.88. The van der Waals surface area contributed by atoms with Crippen LogP contribution in [0.5, 0.6) is 5.75 Å². The zero-order valence-corrected chi connectivity index (χ0v) is 14.2. The third-order valence-corrected chi connectivity index (χ3v) is 4.49. The third kappa shape index (κ3) is 4.06. The summed E-state index contributed by atoms with van der Waals surface area (Å²) in [5.41, 5.74) is 0.266. The molecule has 3 N–H and O–H groups in total. The van der Waals surface area contributed by atoms with Crippen LogP contribution in [0.1, 0.15) is 10.4 Å². The van der Waals surface area contributed by atoms with Gasteiger partial charge in [0, 0.05) is 11.3 Å². The molecule has 0 bridgehead atoms. The molecule has 0 radical (unpaired) electrons. The molecule has 0 unspecified atom stereocenters. The zero-order chi connectivity index (χ0) is 17.2. The molecule has 0 heterocycles. The standard InChI is InChI=1S/C14H12BrFN2O4S/c1-22-12-5-3-9(7-13(12)23(17,20)21)18-14(19)8-2-4-10(15)11(16)6-8/h2-7H,1H3,(H,18,19)(H2,17,20,21). The Kier molecular flexibility index (Phi) is 5.03. The SMILES string of the molecule is COc1ccc(NC(=O)c2ccc(Br)c(F)c2)cc1S(N)(=O)=O. The van der Waals surface area contributed by atoms with Gasteiger partial charge in [-0.1, -0.05) is 0 Å². The van der Waals surface area contributed by atoms with E-state index in [0.29, 0.717) is 0 Å². The van der Waals surface area contributed by atoms with Crippen molar-refractivity contribution in [3.8, 4) is 5.75 Å². The minimum atomic E-state index is -4.02. The average molecular weight is 403 g/mol. The van der Waals surface area contributed by atoms with E-state index in [2.05, 4.69) is 21.2 Å². The lowest BCUT2D eigenvalue weighted by molar-refractivity contribution is 0.102. The van der Waals surface area contributed by atoms with Crippen LogP contribution in [-0.2, 0) is 10.0 Å². The summed E-state index contributed by atoms with van der Waals surface area (Å²) in [6.45, 7) is 0. The fourth-order valence-corrected chi connectivity index (χ4v) is 2.79. The van der Waals surface area contributed by atoms with Crippen LogP contribution in [0, 0.1) is 5.82 Å². The Balaban J connectivity index is 2.33. The molecule has 0 saturated carbocycles. The number of methoxy groups -OCH3 is 1. The van der Waals surface area contributed by atoms with E-state index in [1.54, 1.807) is 0 Å². The fraction of sp³-hybridized carbons (Fsp3) is 0.0714. The molecule has 2 rings (SSSR count). The molecule has 122 valence electrons. The minimum absolute atomic E-state index is 0.0557. The molecular formula is C14H12BrFN2O4S. The van der Waals surface area contributed by atoms with Gasteiger partial charge < -0.3 is 10.1 Å². The zero-order valence-electron chi connectivity index (χ0n) is 11.8. The maximum atomic E-state index is 13.5. The lowest BCUT2D eigenvalue weighted by Gasteiger charge is -2.10. The van der Waals surface area contributed by atoms with Gasteiger partial charge in [0.05, 0.1) is 11.6 Å². The molecular weight excluding hydrogens is 391 g/mol. The van der Waals surface area contributed by atoms with Crippen molar-refractivity contribution in [2.24, 2.45) is 5.14 Å². The van der Waals surface area contributed by atoms with E-state index < -0.39 is 21.7 Å². The van der Waals surface area contributed by atoms with Gasteiger partial charge in [0.25, 0.3) is 5.91 Å². The molecule has 0 aromatic heterocycles. The van der Waals surface area contributed by atoms with Gasteiger partial charge in [-0.25, -0.2) is 17.9 Å². The molecule has 0 saturated heterocycles. The molecule has 0 aliphatic carbocycles. The van der Waals surface area contributed by atoms with Crippen molar-refractivity contribution in [2.45, 2.75) is 4.90 Å². The van der Waals surface area contributed by atoms with Crippen LogP contribution in [0.3, 0.4) is 0 Å². The van der Waals surface area contributed by atoms with Gasteiger partial charge in [-0.15, -0.1) is 0 Å². The Morgan fingerprint density at radius 3 is 2.52 bits per heavy atom. The molecule has 9 heteroatoms. The Hall–Kier alpha value is -1.97. The summed E-state index contributed by atoms with van der Waals surface area (Å²) in [5.74, 6) is -1.13. The average Bonchev–Trinajstić information content (AvgIpc) is 2.49. The fourth-order valence-electron chi connectivity index (χ4n) is 1.82. The summed E-state index contributed by atoms with van der Waals surface area (Å²) < 4.78 is 41.7. The highest BCUT2D eigenvalue weighted by molar-refractivity contribution is 9.10. The van der Waals surface area contributed by atoms with E-state index in [-0.39, 0.29) is 26.4 Å². The first-order valence-electron chi connectivity index (χ1n) is 6.19. The van der Waals surface area contributed by atoms with E-state index in [0.717, 1.165) is 6.07 Å². The van der Waals surface area contributed by atoms with E-state index in [1.807, 2.05) is 0 Å². The quantitative estimate of drug-likeness (QED) is 0.820. The van der Waals surface area contributed by atoms with Crippen molar-refractivity contribution in [1.29, 1.82) is 0 Å². The summed E-state index contributed by atoms with van der Waals surface area (Å²) in [4.78, 5) is 11.8. The van der Waals surface area contributed by atoms with Gasteiger partial charge in [-0.3, -0.25) is 4.79 Å². The second kappa shape index (κ2) is 6.65. The maximum absolute atomic E-state index is 13.5. The summed E-state index contributed by atoms with van der Waals surface area (Å²) in [6, 6.07) is 7.85. The van der Waals surface area contributed by atoms with Crippen LogP contribution in [0.15, 0.2) is 45.8 Å². The topological polar surface area (TPSA) is 98.5 Å². The number of nitrogens with one attached hydrogen (secondary N) is 1. The summed E-state index contributed by atoms with van der Waals surface area (Å²) in [5, 5.41) is 7.58. The monoisotopic (exact) mass is 402 g/mol. The number of halogens is 2. The molecule has 6 nitrogen and oxygen atoms in total. The maximum Gasteiger partial charge on any atom is 0.255 e. The van der Waals surface area contributed by atoms with Crippen LogP contribution in [0.25, 0.3) is 0 Å². The molecule has 0 fully saturated rings. The molecule has 0 aliphatic heterocycles. The number of anilines is 1. The number of amides is 1. The van der Waals surface area contributed by atoms with Gasteiger partial charge in [-0.2, -0.15) is 0 Å². The van der Waals surface area contributed by atoms with Gasteiger partial charge in [0.1, 0.15) is 16.5 Å². The van der Waals surface area contributed by atoms with Crippen LogP contribution < -0.4 is 15.2 Å². The van der Waals surface area contributed by atoms with E-state index in [9.17, 15) is 17.6 Å². The number of nitrogens with two attached hydrogens (primary N) is 1. The summed E-state index contributed by atoms with van der Waals surface area (Å²) in [6.07, 6.45) is 0. The first-order valence-corrected chi connectivity index (χ1v) is 8.53. The van der Waals surface area contributed by atoms with Crippen molar-refractivity contribution < 1.29 is 22.3 Å². The van der Waals surface area contributed by atoms with E-state index >= 15 is 0 Å². The van der Waals surface area contributed by atoms with Crippen molar-refractivity contribution in [2.75, 3.05) is 12.4 Å². The predicted molar refractivity (Wildman–Crippen MR) is 86.4 cm³/mol. The minimum Gasteiger partial charge on any atom is -0.495 e. The van der Waals surface area contributed by atoms with Crippen LogP contribution in [-0.4, -0.2) is 21.4 Å². The number of carbonyl (C=O) groups is 1. The van der Waals surface area contributed by atoms with Gasteiger partial charge >= 0.3 is 0 Å². The Bertz CT molecular complexity index is 871. The van der Waals surface area contributed by atoms with Crippen LogP contribution in [0.4, 0.5) is 10.1 Å². The highest BCUT2D eigenvalue weighted by atomic mass is 79.9. The van der Waals surface area contributed by atoms with E-state index in [1.165, 1.54) is 37.4 Å². The number of sulfonamides is 1. The van der Waals surface area contributed by atoms with Crippen LogP contribution in [0.2, 0.25) is 0 Å². The predicted octanol–water partition coefficient (Wildman–Crippen LogP) is 2.50. The number of ether oxygens (including phenoxy) is 1. The molecule has 0 aliphatic rings. The van der Waals surface area contributed by atoms with Gasteiger partial charge in [0.2, 0.25) is 10.0 Å². The molecule has 1 amide bonds. The molecule has 2 aromatic rings. The molecule has 23 heavy (non-hydrogen) atoms. The smallest absolute Gasteiger partial charge is 0.255 e. The highest BCUT2D eigenvalue weighted by Gasteiger charge is 2.17. The normalized spacial score (nSPS) is 11.1. The van der Waals surface area contributed by atoms with Gasteiger partial charge in [0.15, 0.2) is 0 Å². The number of carbonyl (C=O) groups excluding carboxylic acids is 1. The molecule has 0 spiro atoms. The first kappa shape index (κ1) is 17.4. The van der Waals surface area contributed by atoms with Crippen molar-refractivity contribution in [1.82, 2.24) is 0 Å². The van der Waals surface area contributed by atoms with E-state index in [4.69, 9.17) is 9.88 Å². The van der Waals surface area contributed by atoms with Crippen molar-refractivity contribution in [3.05, 3.63) is 52.3 Å². The molecule has 0 atom stereocenters. The highest BCUT2D eigenvalue weighted by Crippen LogP contribution is 2.26. The number of rotatable bonds is 4. The second-order valence-electron chi connectivity index (χ2n) is 4.49.